The number of para-hydroxylation sites is 1. The predicted molar refractivity (Wildman–Crippen MR) is 124 cm³/mol. The smallest absolute Gasteiger partial charge is 0.256 e. The fourth-order valence-electron chi connectivity index (χ4n) is 3.59. The number of fused-ring (bicyclic) bond motifs is 1. The molecule has 0 aliphatic rings. The molecule has 3 aromatic carbocycles. The maximum atomic E-state index is 13.4. The molecule has 0 saturated heterocycles. The van der Waals surface area contributed by atoms with Gasteiger partial charge in [0.1, 0.15) is 6.33 Å². The van der Waals surface area contributed by atoms with Crippen molar-refractivity contribution < 1.29 is 4.79 Å². The Bertz CT molecular complexity index is 1430. The summed E-state index contributed by atoms with van der Waals surface area (Å²) in [4.78, 5) is 18.2. The summed E-state index contributed by atoms with van der Waals surface area (Å²) in [7, 11) is 0. The van der Waals surface area contributed by atoms with Crippen LogP contribution in [-0.2, 0) is 0 Å². The minimum atomic E-state index is -0.200. The molecular formula is C25H20N6O. The fraction of sp³-hybridized carbons (Fsp3) is 0.0800. The van der Waals surface area contributed by atoms with Gasteiger partial charge < -0.3 is 5.32 Å². The molecule has 0 radical (unpaired) electrons. The molecule has 7 heteroatoms. The molecule has 5 rings (SSSR count). The predicted octanol–water partition coefficient (Wildman–Crippen LogP) is 4.75. The average molecular weight is 420 g/mol. The lowest BCUT2D eigenvalue weighted by atomic mass is 10.0. The molecule has 156 valence electrons. The van der Waals surface area contributed by atoms with Crippen molar-refractivity contribution in [2.75, 3.05) is 5.32 Å². The Labute approximate surface area is 184 Å². The zero-order valence-corrected chi connectivity index (χ0v) is 17.6. The number of hydrogen-bond donors (Lipinski definition) is 1. The van der Waals surface area contributed by atoms with E-state index in [9.17, 15) is 4.79 Å². The zero-order chi connectivity index (χ0) is 22.1. The molecule has 0 spiro atoms. The Kier molecular flexibility index (Phi) is 4.91. The van der Waals surface area contributed by atoms with E-state index in [1.165, 1.54) is 11.9 Å². The Morgan fingerprint density at radius 3 is 2.53 bits per heavy atom. The third-order valence-electron chi connectivity index (χ3n) is 5.39. The van der Waals surface area contributed by atoms with Crippen LogP contribution in [0.2, 0.25) is 0 Å². The second kappa shape index (κ2) is 8.03. The monoisotopic (exact) mass is 420 g/mol. The Morgan fingerprint density at radius 2 is 1.75 bits per heavy atom. The van der Waals surface area contributed by atoms with Gasteiger partial charge in [-0.2, -0.15) is 0 Å². The van der Waals surface area contributed by atoms with Gasteiger partial charge in [-0.15, -0.1) is 5.10 Å². The number of rotatable bonds is 4. The molecule has 32 heavy (non-hydrogen) atoms. The highest BCUT2D eigenvalue weighted by Crippen LogP contribution is 2.27. The van der Waals surface area contributed by atoms with Crippen molar-refractivity contribution in [1.82, 2.24) is 25.2 Å². The Morgan fingerprint density at radius 1 is 0.938 bits per heavy atom. The minimum absolute atomic E-state index is 0.200. The van der Waals surface area contributed by atoms with Crippen LogP contribution >= 0.6 is 0 Å². The molecule has 0 atom stereocenters. The van der Waals surface area contributed by atoms with Crippen molar-refractivity contribution in [2.24, 2.45) is 0 Å². The van der Waals surface area contributed by atoms with E-state index < -0.39 is 0 Å². The van der Waals surface area contributed by atoms with Gasteiger partial charge in [-0.05, 0) is 54.1 Å². The number of amides is 1. The summed E-state index contributed by atoms with van der Waals surface area (Å²) < 4.78 is 1.55. The van der Waals surface area contributed by atoms with E-state index in [4.69, 9.17) is 4.98 Å². The first-order valence-electron chi connectivity index (χ1n) is 10.2. The molecule has 2 heterocycles. The maximum Gasteiger partial charge on any atom is 0.256 e. The summed E-state index contributed by atoms with van der Waals surface area (Å²) >= 11 is 0. The summed E-state index contributed by atoms with van der Waals surface area (Å²) in [5, 5.41) is 15.1. The Hall–Kier alpha value is -4.39. The van der Waals surface area contributed by atoms with Crippen molar-refractivity contribution in [2.45, 2.75) is 13.8 Å². The zero-order valence-electron chi connectivity index (χ0n) is 17.6. The van der Waals surface area contributed by atoms with Crippen LogP contribution in [0.5, 0.6) is 0 Å². The lowest BCUT2D eigenvalue weighted by Gasteiger charge is -2.13. The van der Waals surface area contributed by atoms with Crippen LogP contribution in [0.15, 0.2) is 79.1 Å². The first kappa shape index (κ1) is 19.6. The van der Waals surface area contributed by atoms with Gasteiger partial charge in [-0.1, -0.05) is 54.1 Å². The molecule has 1 amide bonds. The van der Waals surface area contributed by atoms with E-state index in [0.29, 0.717) is 11.3 Å². The lowest BCUT2D eigenvalue weighted by Crippen LogP contribution is -2.14. The van der Waals surface area contributed by atoms with Crippen LogP contribution < -0.4 is 5.32 Å². The number of nitrogens with zero attached hydrogens (tertiary/aromatic N) is 5. The SMILES string of the molecule is Cc1ccc(-c2cc(C(=O)Nc3cc(-n4cnnn4)ccc3C)c3ccccc3n2)cc1. The molecule has 0 bridgehead atoms. The number of benzene rings is 3. The molecule has 7 nitrogen and oxygen atoms in total. The van der Waals surface area contributed by atoms with Gasteiger partial charge in [0, 0.05) is 16.6 Å². The number of nitrogens with one attached hydrogen (secondary N) is 1. The number of carbonyl (C=O) groups is 1. The number of anilines is 1. The van der Waals surface area contributed by atoms with Gasteiger partial charge in [0.25, 0.3) is 5.91 Å². The largest absolute Gasteiger partial charge is 0.322 e. The second-order valence-corrected chi connectivity index (χ2v) is 7.65. The molecule has 0 aliphatic heterocycles. The average Bonchev–Trinajstić information content (AvgIpc) is 3.35. The quantitative estimate of drug-likeness (QED) is 0.454. The van der Waals surface area contributed by atoms with E-state index in [-0.39, 0.29) is 5.91 Å². The normalized spacial score (nSPS) is 10.9. The number of pyridine rings is 1. The van der Waals surface area contributed by atoms with E-state index in [0.717, 1.165) is 33.4 Å². The van der Waals surface area contributed by atoms with Gasteiger partial charge in [-0.25, -0.2) is 9.67 Å². The summed E-state index contributed by atoms with van der Waals surface area (Å²) in [6.07, 6.45) is 1.51. The van der Waals surface area contributed by atoms with Crippen LogP contribution in [0.25, 0.3) is 27.8 Å². The molecular weight excluding hydrogens is 400 g/mol. The van der Waals surface area contributed by atoms with Gasteiger partial charge in [0.15, 0.2) is 0 Å². The van der Waals surface area contributed by atoms with Crippen LogP contribution in [-0.4, -0.2) is 31.1 Å². The van der Waals surface area contributed by atoms with Crippen LogP contribution in [0.3, 0.4) is 0 Å². The highest BCUT2D eigenvalue weighted by Gasteiger charge is 2.15. The number of hydrogen-bond acceptors (Lipinski definition) is 5. The molecule has 2 aromatic heterocycles. The summed E-state index contributed by atoms with van der Waals surface area (Å²) in [5.41, 5.74) is 6.63. The molecule has 0 saturated carbocycles. The fourth-order valence-corrected chi connectivity index (χ4v) is 3.59. The van der Waals surface area contributed by atoms with Crippen molar-refractivity contribution in [3.63, 3.8) is 0 Å². The molecule has 5 aromatic rings. The number of carbonyl (C=O) groups excluding carboxylic acids is 1. The van der Waals surface area contributed by atoms with Crippen LogP contribution in [0.1, 0.15) is 21.5 Å². The second-order valence-electron chi connectivity index (χ2n) is 7.65. The van der Waals surface area contributed by atoms with E-state index in [2.05, 4.69) is 20.8 Å². The molecule has 0 unspecified atom stereocenters. The highest BCUT2D eigenvalue weighted by atomic mass is 16.1. The Balaban J connectivity index is 1.56. The molecule has 0 aliphatic carbocycles. The van der Waals surface area contributed by atoms with Crippen LogP contribution in [0.4, 0.5) is 5.69 Å². The highest BCUT2D eigenvalue weighted by molar-refractivity contribution is 6.13. The van der Waals surface area contributed by atoms with Crippen molar-refractivity contribution in [3.05, 3.63) is 95.8 Å². The van der Waals surface area contributed by atoms with E-state index in [1.807, 2.05) is 86.6 Å². The summed E-state index contributed by atoms with van der Waals surface area (Å²) in [5.74, 6) is -0.200. The van der Waals surface area contributed by atoms with Crippen molar-refractivity contribution >= 4 is 22.5 Å². The van der Waals surface area contributed by atoms with Gasteiger partial charge in [0.05, 0.1) is 22.5 Å². The first-order chi connectivity index (χ1) is 15.6. The standard InChI is InChI=1S/C25H20N6O/c1-16-7-10-18(11-8-16)24-14-21(20-5-3-4-6-22(20)27-24)25(32)28-23-13-19(12-9-17(23)2)31-15-26-29-30-31/h3-15H,1-2H3,(H,28,32). The topological polar surface area (TPSA) is 85.6 Å². The van der Waals surface area contributed by atoms with Gasteiger partial charge in [0.2, 0.25) is 0 Å². The summed E-state index contributed by atoms with van der Waals surface area (Å²) in [6.45, 7) is 3.99. The van der Waals surface area contributed by atoms with Crippen LogP contribution in [0, 0.1) is 13.8 Å². The third kappa shape index (κ3) is 3.72. The van der Waals surface area contributed by atoms with E-state index in [1.54, 1.807) is 4.68 Å². The first-order valence-corrected chi connectivity index (χ1v) is 10.2. The van der Waals surface area contributed by atoms with E-state index >= 15 is 0 Å². The van der Waals surface area contributed by atoms with Gasteiger partial charge >= 0.3 is 0 Å². The minimum Gasteiger partial charge on any atom is -0.322 e. The molecule has 1 N–H and O–H groups in total. The lowest BCUT2D eigenvalue weighted by molar-refractivity contribution is 0.102. The van der Waals surface area contributed by atoms with Crippen molar-refractivity contribution in [3.8, 4) is 16.9 Å². The third-order valence-corrected chi connectivity index (χ3v) is 5.39. The maximum absolute atomic E-state index is 13.4. The van der Waals surface area contributed by atoms with Crippen molar-refractivity contribution in [1.29, 1.82) is 0 Å². The molecule has 0 fully saturated rings. The number of aromatic nitrogens is 5. The van der Waals surface area contributed by atoms with Gasteiger partial charge in [-0.3, -0.25) is 4.79 Å². The number of tetrazole rings is 1. The summed E-state index contributed by atoms with van der Waals surface area (Å²) in [6, 6.07) is 23.3. The number of aryl methyl sites for hydroxylation is 2.